The van der Waals surface area contributed by atoms with Gasteiger partial charge in [-0.25, -0.2) is 0 Å². The predicted octanol–water partition coefficient (Wildman–Crippen LogP) is 5.59. The molecule has 43 heavy (non-hydrogen) atoms. The average Bonchev–Trinajstić information content (AvgIpc) is 3.32. The molecule has 5 rings (SSSR count). The molecule has 1 saturated heterocycles. The van der Waals surface area contributed by atoms with Gasteiger partial charge in [-0.3, -0.25) is 9.59 Å². The molecule has 0 aliphatic carbocycles. The minimum absolute atomic E-state index is 0.115. The van der Waals surface area contributed by atoms with E-state index in [0.29, 0.717) is 81.7 Å². The van der Waals surface area contributed by atoms with Gasteiger partial charge in [-0.05, 0) is 55.0 Å². The Morgan fingerprint density at radius 2 is 0.837 bits per heavy atom. The van der Waals surface area contributed by atoms with Crippen LogP contribution in [0.3, 0.4) is 0 Å². The van der Waals surface area contributed by atoms with Gasteiger partial charge in [0.15, 0.2) is 0 Å². The number of ether oxygens (including phenoxy) is 4. The Balaban J connectivity index is 1.14. The van der Waals surface area contributed by atoms with Gasteiger partial charge < -0.3 is 28.7 Å². The lowest BCUT2D eigenvalue weighted by Gasteiger charge is -2.24. The Kier molecular flexibility index (Phi) is 10.5. The molecular weight excluding hydrogens is 544 g/mol. The third-order valence-electron chi connectivity index (χ3n) is 7.01. The SMILES string of the molecule is O=C(c1ccccc1OCCOc1ccccc1)N1CCCN(C(=O)c2ccccc2OCCOc2ccccc2)CC1. The van der Waals surface area contributed by atoms with Crippen molar-refractivity contribution in [2.75, 3.05) is 52.6 Å². The van der Waals surface area contributed by atoms with Crippen LogP contribution in [0, 0.1) is 0 Å². The van der Waals surface area contributed by atoms with Gasteiger partial charge in [0.25, 0.3) is 11.8 Å². The number of para-hydroxylation sites is 4. The summed E-state index contributed by atoms with van der Waals surface area (Å²) in [6.07, 6.45) is 0.666. The molecule has 1 aliphatic rings. The number of benzene rings is 4. The fraction of sp³-hybridized carbons (Fsp3) is 0.257. The van der Waals surface area contributed by atoms with Gasteiger partial charge in [-0.2, -0.15) is 0 Å². The molecule has 0 bridgehead atoms. The lowest BCUT2D eigenvalue weighted by molar-refractivity contribution is 0.0713. The van der Waals surface area contributed by atoms with Gasteiger partial charge in [0.2, 0.25) is 0 Å². The molecule has 1 aliphatic heterocycles. The third-order valence-corrected chi connectivity index (χ3v) is 7.01. The summed E-state index contributed by atoms with van der Waals surface area (Å²) >= 11 is 0. The van der Waals surface area contributed by atoms with Crippen LogP contribution in [-0.2, 0) is 0 Å². The van der Waals surface area contributed by atoms with Crippen molar-refractivity contribution >= 4 is 11.8 Å². The van der Waals surface area contributed by atoms with E-state index < -0.39 is 0 Å². The highest BCUT2D eigenvalue weighted by molar-refractivity contribution is 5.98. The quantitative estimate of drug-likeness (QED) is 0.203. The minimum atomic E-state index is -0.115. The number of carbonyl (C=O) groups is 2. The lowest BCUT2D eigenvalue weighted by atomic mass is 10.1. The molecule has 0 saturated carbocycles. The molecule has 8 heteroatoms. The van der Waals surface area contributed by atoms with E-state index >= 15 is 0 Å². The standard InChI is InChI=1S/C35H36N2O6/c38-34(30-16-7-9-18-32(30)42-26-24-40-28-12-3-1-4-13-28)36-20-11-21-37(23-22-36)35(39)31-17-8-10-19-33(31)43-27-25-41-29-14-5-2-6-15-29/h1-10,12-19H,11,20-27H2. The first-order chi connectivity index (χ1) is 21.2. The largest absolute Gasteiger partial charge is 0.490 e. The zero-order chi connectivity index (χ0) is 29.7. The number of hydrogen-bond donors (Lipinski definition) is 0. The summed E-state index contributed by atoms with van der Waals surface area (Å²) in [6, 6.07) is 33.6. The molecule has 0 atom stereocenters. The fourth-order valence-electron chi connectivity index (χ4n) is 4.86. The maximum absolute atomic E-state index is 13.6. The molecule has 0 aromatic heterocycles. The fourth-order valence-corrected chi connectivity index (χ4v) is 4.86. The molecule has 1 heterocycles. The molecule has 4 aromatic carbocycles. The first kappa shape index (κ1) is 29.5. The van der Waals surface area contributed by atoms with Crippen molar-refractivity contribution < 1.29 is 28.5 Å². The van der Waals surface area contributed by atoms with E-state index in [0.717, 1.165) is 11.5 Å². The molecule has 2 amide bonds. The molecule has 0 N–H and O–H groups in total. The summed E-state index contributed by atoms with van der Waals surface area (Å²) in [5.41, 5.74) is 0.997. The maximum atomic E-state index is 13.6. The van der Waals surface area contributed by atoms with E-state index in [9.17, 15) is 9.59 Å². The van der Waals surface area contributed by atoms with Crippen molar-refractivity contribution in [2.24, 2.45) is 0 Å². The summed E-state index contributed by atoms with van der Waals surface area (Å²) in [5, 5.41) is 0. The van der Waals surface area contributed by atoms with Crippen LogP contribution in [0.5, 0.6) is 23.0 Å². The van der Waals surface area contributed by atoms with Crippen LogP contribution in [0.4, 0.5) is 0 Å². The van der Waals surface area contributed by atoms with E-state index in [1.807, 2.05) is 84.9 Å². The van der Waals surface area contributed by atoms with E-state index in [1.165, 1.54) is 0 Å². The first-order valence-electron chi connectivity index (χ1n) is 14.6. The van der Waals surface area contributed by atoms with Crippen LogP contribution in [0.25, 0.3) is 0 Å². The molecule has 0 radical (unpaired) electrons. The van der Waals surface area contributed by atoms with Crippen molar-refractivity contribution in [3.63, 3.8) is 0 Å². The van der Waals surface area contributed by atoms with Gasteiger partial charge >= 0.3 is 0 Å². The van der Waals surface area contributed by atoms with Crippen molar-refractivity contribution in [3.8, 4) is 23.0 Å². The van der Waals surface area contributed by atoms with Gasteiger partial charge in [0, 0.05) is 26.2 Å². The Hall–Kier alpha value is -4.98. The van der Waals surface area contributed by atoms with Crippen molar-refractivity contribution in [1.29, 1.82) is 0 Å². The molecule has 1 fully saturated rings. The highest BCUT2D eigenvalue weighted by Gasteiger charge is 2.26. The van der Waals surface area contributed by atoms with E-state index in [-0.39, 0.29) is 11.8 Å². The highest BCUT2D eigenvalue weighted by Crippen LogP contribution is 2.23. The third kappa shape index (κ3) is 8.29. The van der Waals surface area contributed by atoms with Crippen LogP contribution >= 0.6 is 0 Å². The van der Waals surface area contributed by atoms with E-state index in [1.54, 1.807) is 34.1 Å². The molecule has 0 unspecified atom stereocenters. The highest BCUT2D eigenvalue weighted by atomic mass is 16.5. The monoisotopic (exact) mass is 580 g/mol. The molecule has 222 valence electrons. The van der Waals surface area contributed by atoms with Crippen molar-refractivity contribution in [3.05, 3.63) is 120 Å². The first-order valence-corrected chi connectivity index (χ1v) is 14.6. The summed E-state index contributed by atoms with van der Waals surface area (Å²) in [5.74, 6) is 2.34. The molecule has 0 spiro atoms. The van der Waals surface area contributed by atoms with Gasteiger partial charge in [0.05, 0.1) is 11.1 Å². The van der Waals surface area contributed by atoms with Crippen LogP contribution in [-0.4, -0.2) is 74.2 Å². The zero-order valence-corrected chi connectivity index (χ0v) is 24.1. The van der Waals surface area contributed by atoms with Crippen LogP contribution in [0.2, 0.25) is 0 Å². The number of hydrogen-bond acceptors (Lipinski definition) is 6. The molecule has 4 aromatic rings. The maximum Gasteiger partial charge on any atom is 0.257 e. The summed E-state index contributed by atoms with van der Waals surface area (Å²) in [4.78, 5) is 30.7. The smallest absolute Gasteiger partial charge is 0.257 e. The molecular formula is C35H36N2O6. The molecule has 8 nitrogen and oxygen atoms in total. The van der Waals surface area contributed by atoms with Crippen LogP contribution < -0.4 is 18.9 Å². The average molecular weight is 581 g/mol. The summed E-state index contributed by atoms with van der Waals surface area (Å²) in [6.45, 7) is 3.26. The Labute approximate surface area is 252 Å². The van der Waals surface area contributed by atoms with Crippen molar-refractivity contribution in [2.45, 2.75) is 6.42 Å². The second kappa shape index (κ2) is 15.3. The van der Waals surface area contributed by atoms with Crippen LogP contribution in [0.1, 0.15) is 27.1 Å². The number of amides is 2. The zero-order valence-electron chi connectivity index (χ0n) is 24.1. The predicted molar refractivity (Wildman–Crippen MR) is 164 cm³/mol. The second-order valence-electron chi connectivity index (χ2n) is 9.95. The summed E-state index contributed by atoms with van der Waals surface area (Å²) < 4.78 is 23.3. The Morgan fingerprint density at radius 1 is 0.465 bits per heavy atom. The van der Waals surface area contributed by atoms with Crippen LogP contribution in [0.15, 0.2) is 109 Å². The minimum Gasteiger partial charge on any atom is -0.490 e. The van der Waals surface area contributed by atoms with Gasteiger partial charge in [0.1, 0.15) is 49.4 Å². The van der Waals surface area contributed by atoms with E-state index in [4.69, 9.17) is 18.9 Å². The van der Waals surface area contributed by atoms with Gasteiger partial charge in [-0.1, -0.05) is 60.7 Å². The Morgan fingerprint density at radius 3 is 1.28 bits per heavy atom. The Bertz CT molecular complexity index is 1350. The number of rotatable bonds is 12. The number of carbonyl (C=O) groups excluding carboxylic acids is 2. The van der Waals surface area contributed by atoms with Gasteiger partial charge in [-0.15, -0.1) is 0 Å². The summed E-state index contributed by atoms with van der Waals surface area (Å²) in [7, 11) is 0. The topological polar surface area (TPSA) is 77.5 Å². The normalized spacial score (nSPS) is 13.1. The number of nitrogens with zero attached hydrogens (tertiary/aromatic N) is 2. The second-order valence-corrected chi connectivity index (χ2v) is 9.95. The lowest BCUT2D eigenvalue weighted by Crippen LogP contribution is -2.37. The van der Waals surface area contributed by atoms with E-state index in [2.05, 4.69) is 0 Å². The van der Waals surface area contributed by atoms with Crippen molar-refractivity contribution in [1.82, 2.24) is 9.80 Å².